The number of hydrogen-bond acceptors (Lipinski definition) is 5. The fourth-order valence-electron chi connectivity index (χ4n) is 2.72. The summed E-state index contributed by atoms with van der Waals surface area (Å²) in [4.78, 5) is 26.1. The molecule has 1 unspecified atom stereocenters. The van der Waals surface area contributed by atoms with E-state index in [1.165, 1.54) is 13.2 Å². The number of thioether (sulfide) groups is 1. The van der Waals surface area contributed by atoms with Gasteiger partial charge < -0.3 is 15.4 Å². The summed E-state index contributed by atoms with van der Waals surface area (Å²) in [6.45, 7) is 1.90. The number of benzene rings is 1. The maximum absolute atomic E-state index is 14.2. The zero-order valence-electron chi connectivity index (χ0n) is 14.5. The molecular formula is C17H24FN3O3S. The van der Waals surface area contributed by atoms with Gasteiger partial charge in [-0.2, -0.15) is 11.8 Å². The molecule has 25 heavy (non-hydrogen) atoms. The molecule has 0 radical (unpaired) electrons. The van der Waals surface area contributed by atoms with Gasteiger partial charge in [-0.05, 0) is 12.3 Å². The van der Waals surface area contributed by atoms with Crippen LogP contribution in [0, 0.1) is 5.82 Å². The predicted octanol–water partition coefficient (Wildman–Crippen LogP) is 1.00. The third kappa shape index (κ3) is 5.61. The quantitative estimate of drug-likeness (QED) is 0.669. The van der Waals surface area contributed by atoms with Crippen molar-refractivity contribution in [2.75, 3.05) is 38.8 Å². The molecule has 2 N–H and O–H groups in total. The first kappa shape index (κ1) is 19.5. The van der Waals surface area contributed by atoms with Gasteiger partial charge in [-0.1, -0.05) is 6.07 Å². The molecule has 1 saturated heterocycles. The van der Waals surface area contributed by atoms with E-state index in [2.05, 4.69) is 10.6 Å². The third-order valence-electron chi connectivity index (χ3n) is 4.08. The summed E-state index contributed by atoms with van der Waals surface area (Å²) in [5.41, 5.74) is 0.475. The van der Waals surface area contributed by atoms with E-state index in [0.29, 0.717) is 30.9 Å². The van der Waals surface area contributed by atoms with E-state index in [0.717, 1.165) is 5.75 Å². The van der Waals surface area contributed by atoms with Crippen molar-refractivity contribution in [3.8, 4) is 5.75 Å². The van der Waals surface area contributed by atoms with Crippen LogP contribution < -0.4 is 15.4 Å². The number of methoxy groups -OCH3 is 1. The number of ether oxygens (including phenoxy) is 1. The van der Waals surface area contributed by atoms with Gasteiger partial charge >= 0.3 is 0 Å². The summed E-state index contributed by atoms with van der Waals surface area (Å²) in [5.74, 6) is 0.524. The Labute approximate surface area is 151 Å². The maximum atomic E-state index is 14.2. The monoisotopic (exact) mass is 369 g/mol. The Morgan fingerprint density at radius 2 is 2.32 bits per heavy atom. The maximum Gasteiger partial charge on any atom is 0.237 e. The van der Waals surface area contributed by atoms with Crippen LogP contribution in [0.4, 0.5) is 4.39 Å². The number of piperazine rings is 1. The fraction of sp³-hybridized carbons (Fsp3) is 0.529. The van der Waals surface area contributed by atoms with Crippen LogP contribution in [0.15, 0.2) is 18.2 Å². The number of rotatable bonds is 8. The lowest BCUT2D eigenvalue weighted by atomic mass is 10.1. The van der Waals surface area contributed by atoms with Crippen LogP contribution >= 0.6 is 11.8 Å². The number of halogens is 1. The molecule has 6 nitrogen and oxygen atoms in total. The summed E-state index contributed by atoms with van der Waals surface area (Å²) in [6.07, 6.45) is 2.03. The Morgan fingerprint density at radius 3 is 3.00 bits per heavy atom. The normalized spacial score (nSPS) is 17.9. The second-order valence-electron chi connectivity index (χ2n) is 5.78. The van der Waals surface area contributed by atoms with Gasteiger partial charge in [-0.3, -0.25) is 14.5 Å². The Balaban J connectivity index is 2.03. The molecule has 1 aliphatic heterocycles. The standard InChI is InChI=1S/C17H24FN3O3S/c1-24-13-4-3-12(14(18)9-13)11-21-7-5-20-17(23)15(21)10-16(22)19-6-8-25-2/h3-4,9,15H,5-8,10-11H2,1-2H3,(H,19,22)(H,20,23). The lowest BCUT2D eigenvalue weighted by molar-refractivity contribution is -0.134. The fourth-order valence-corrected chi connectivity index (χ4v) is 3.02. The molecule has 0 saturated carbocycles. The third-order valence-corrected chi connectivity index (χ3v) is 4.69. The summed E-state index contributed by atoms with van der Waals surface area (Å²) in [6, 6.07) is 4.07. The van der Waals surface area contributed by atoms with E-state index in [1.54, 1.807) is 23.9 Å². The molecule has 8 heteroatoms. The highest BCUT2D eigenvalue weighted by molar-refractivity contribution is 7.98. The molecule has 0 spiro atoms. The van der Waals surface area contributed by atoms with Gasteiger partial charge in [0.05, 0.1) is 19.6 Å². The van der Waals surface area contributed by atoms with Crippen LogP contribution in [-0.2, 0) is 16.1 Å². The average molecular weight is 369 g/mol. The van der Waals surface area contributed by atoms with Crippen molar-refractivity contribution in [2.45, 2.75) is 19.0 Å². The zero-order chi connectivity index (χ0) is 18.2. The van der Waals surface area contributed by atoms with E-state index in [1.807, 2.05) is 11.2 Å². The van der Waals surface area contributed by atoms with Gasteiger partial charge in [0.2, 0.25) is 11.8 Å². The first-order valence-corrected chi connectivity index (χ1v) is 9.54. The second-order valence-corrected chi connectivity index (χ2v) is 6.77. The van der Waals surface area contributed by atoms with Gasteiger partial charge in [0.1, 0.15) is 11.6 Å². The van der Waals surface area contributed by atoms with Gasteiger partial charge in [0.15, 0.2) is 0 Å². The zero-order valence-corrected chi connectivity index (χ0v) is 15.3. The van der Waals surface area contributed by atoms with Gasteiger partial charge in [-0.15, -0.1) is 0 Å². The summed E-state index contributed by atoms with van der Waals surface area (Å²) >= 11 is 1.64. The molecule has 2 amide bonds. The number of nitrogens with one attached hydrogen (secondary N) is 2. The van der Waals surface area contributed by atoms with Gasteiger partial charge in [0.25, 0.3) is 0 Å². The second kappa shape index (κ2) is 9.62. The Bertz CT molecular complexity index is 615. The van der Waals surface area contributed by atoms with Crippen molar-refractivity contribution < 1.29 is 18.7 Å². The summed E-state index contributed by atoms with van der Waals surface area (Å²) in [7, 11) is 1.48. The highest BCUT2D eigenvalue weighted by Crippen LogP contribution is 2.20. The molecule has 1 heterocycles. The molecule has 1 atom stereocenters. The van der Waals surface area contributed by atoms with Crippen molar-refractivity contribution >= 4 is 23.6 Å². The molecule has 2 rings (SSSR count). The molecule has 1 fully saturated rings. The topological polar surface area (TPSA) is 70.7 Å². The van der Waals surface area contributed by atoms with Gasteiger partial charge in [-0.25, -0.2) is 4.39 Å². The Morgan fingerprint density at radius 1 is 1.52 bits per heavy atom. The predicted molar refractivity (Wildman–Crippen MR) is 96.2 cm³/mol. The lowest BCUT2D eigenvalue weighted by Gasteiger charge is -2.34. The van der Waals surface area contributed by atoms with Crippen molar-refractivity contribution in [1.29, 1.82) is 0 Å². The molecule has 0 bridgehead atoms. The van der Waals surface area contributed by atoms with Crippen LogP contribution in [0.2, 0.25) is 0 Å². The lowest BCUT2D eigenvalue weighted by Crippen LogP contribution is -2.56. The molecule has 1 aromatic rings. The van der Waals surface area contributed by atoms with Crippen molar-refractivity contribution in [1.82, 2.24) is 15.5 Å². The Hall–Kier alpha value is -1.80. The number of carbonyl (C=O) groups is 2. The Kier molecular flexibility index (Phi) is 7.52. The highest BCUT2D eigenvalue weighted by atomic mass is 32.2. The number of nitrogens with zero attached hydrogens (tertiary/aromatic N) is 1. The van der Waals surface area contributed by atoms with E-state index < -0.39 is 6.04 Å². The molecular weight excluding hydrogens is 345 g/mol. The number of hydrogen-bond donors (Lipinski definition) is 2. The largest absolute Gasteiger partial charge is 0.497 e. The molecule has 0 aromatic heterocycles. The highest BCUT2D eigenvalue weighted by Gasteiger charge is 2.31. The molecule has 1 aliphatic rings. The number of amides is 2. The van der Waals surface area contributed by atoms with Crippen LogP contribution in [-0.4, -0.2) is 61.5 Å². The van der Waals surface area contributed by atoms with E-state index in [-0.39, 0.29) is 30.6 Å². The summed E-state index contributed by atoms with van der Waals surface area (Å²) < 4.78 is 19.2. The minimum absolute atomic E-state index is 0.0674. The van der Waals surface area contributed by atoms with E-state index >= 15 is 0 Å². The van der Waals surface area contributed by atoms with Crippen LogP contribution in [0.1, 0.15) is 12.0 Å². The van der Waals surface area contributed by atoms with Crippen LogP contribution in [0.25, 0.3) is 0 Å². The molecule has 138 valence electrons. The van der Waals surface area contributed by atoms with Crippen LogP contribution in [0.5, 0.6) is 5.75 Å². The minimum atomic E-state index is -0.593. The first-order valence-electron chi connectivity index (χ1n) is 8.15. The van der Waals surface area contributed by atoms with E-state index in [4.69, 9.17) is 4.74 Å². The minimum Gasteiger partial charge on any atom is -0.497 e. The first-order chi connectivity index (χ1) is 12.0. The van der Waals surface area contributed by atoms with E-state index in [9.17, 15) is 14.0 Å². The van der Waals surface area contributed by atoms with Crippen molar-refractivity contribution in [3.05, 3.63) is 29.6 Å². The molecule has 0 aliphatic carbocycles. The summed E-state index contributed by atoms with van der Waals surface area (Å²) in [5, 5.41) is 5.58. The smallest absolute Gasteiger partial charge is 0.237 e. The molecule has 1 aromatic carbocycles. The number of carbonyl (C=O) groups excluding carboxylic acids is 2. The average Bonchev–Trinajstić information content (AvgIpc) is 2.59. The SMILES string of the molecule is COc1ccc(CN2CCNC(=O)C2CC(=O)NCCSC)c(F)c1. The van der Waals surface area contributed by atoms with Gasteiger partial charge in [0, 0.05) is 43.6 Å². The van der Waals surface area contributed by atoms with Crippen molar-refractivity contribution in [2.24, 2.45) is 0 Å². The van der Waals surface area contributed by atoms with Crippen LogP contribution in [0.3, 0.4) is 0 Å². The van der Waals surface area contributed by atoms with Crippen molar-refractivity contribution in [3.63, 3.8) is 0 Å².